The van der Waals surface area contributed by atoms with Crippen molar-refractivity contribution < 1.29 is 4.79 Å². The van der Waals surface area contributed by atoms with Crippen molar-refractivity contribution in [1.29, 1.82) is 0 Å². The molecular weight excluding hydrogens is 176 g/mol. The van der Waals surface area contributed by atoms with Crippen molar-refractivity contribution >= 4 is 17.7 Å². The highest BCUT2D eigenvalue weighted by Crippen LogP contribution is 2.25. The molecule has 0 fully saturated rings. The van der Waals surface area contributed by atoms with E-state index in [2.05, 4.69) is 4.99 Å². The van der Waals surface area contributed by atoms with E-state index < -0.39 is 5.91 Å². The molecule has 70 valence electrons. The molecule has 1 aromatic rings. The van der Waals surface area contributed by atoms with E-state index in [4.69, 9.17) is 5.73 Å². The smallest absolute Gasteiger partial charge is 0.267 e. The summed E-state index contributed by atoms with van der Waals surface area (Å²) in [5.41, 5.74) is 7.53. The number of allylic oxidation sites excluding steroid dienone is 1. The Balaban J connectivity index is 2.45. The van der Waals surface area contributed by atoms with Gasteiger partial charge in [-0.05, 0) is 11.1 Å². The second-order valence-corrected chi connectivity index (χ2v) is 3.07. The van der Waals surface area contributed by atoms with E-state index >= 15 is 0 Å². The second kappa shape index (κ2) is 3.46. The van der Waals surface area contributed by atoms with Gasteiger partial charge in [0.1, 0.15) is 5.70 Å². The lowest BCUT2D eigenvalue weighted by Crippen LogP contribution is -2.12. The molecule has 14 heavy (non-hydrogen) atoms. The Morgan fingerprint density at radius 1 is 1.29 bits per heavy atom. The molecule has 0 unspecified atom stereocenters. The summed E-state index contributed by atoms with van der Waals surface area (Å²) < 4.78 is 0. The average Bonchev–Trinajstić information content (AvgIpc) is 2.67. The number of nitrogens with zero attached hydrogens (tertiary/aromatic N) is 1. The summed E-state index contributed by atoms with van der Waals surface area (Å²) in [4.78, 5) is 15.0. The normalized spacial score (nSPS) is 14.9. The zero-order valence-corrected chi connectivity index (χ0v) is 7.60. The standard InChI is InChI=1S/C11H10N2O/c12-11(14)10-9(6-7-13-10)8-4-2-1-3-5-8/h1-5,7H,6H2,(H2,12,14). The van der Waals surface area contributed by atoms with Gasteiger partial charge in [-0.2, -0.15) is 0 Å². The van der Waals surface area contributed by atoms with Crippen molar-refractivity contribution in [2.24, 2.45) is 10.7 Å². The fourth-order valence-electron chi connectivity index (χ4n) is 1.51. The predicted octanol–water partition coefficient (Wildman–Crippen LogP) is 1.36. The molecule has 0 aromatic heterocycles. The molecule has 1 aliphatic rings. The summed E-state index contributed by atoms with van der Waals surface area (Å²) in [6, 6.07) is 9.70. The highest BCUT2D eigenvalue weighted by molar-refractivity contribution is 6.05. The molecule has 0 atom stereocenters. The third-order valence-electron chi connectivity index (χ3n) is 2.16. The van der Waals surface area contributed by atoms with Crippen molar-refractivity contribution in [3.63, 3.8) is 0 Å². The quantitative estimate of drug-likeness (QED) is 0.744. The maximum absolute atomic E-state index is 11.0. The summed E-state index contributed by atoms with van der Waals surface area (Å²) >= 11 is 0. The van der Waals surface area contributed by atoms with E-state index in [1.807, 2.05) is 30.3 Å². The molecule has 2 N–H and O–H groups in total. The molecule has 0 radical (unpaired) electrons. The molecule has 0 saturated heterocycles. The molecule has 0 saturated carbocycles. The summed E-state index contributed by atoms with van der Waals surface area (Å²) in [5.74, 6) is -0.461. The monoisotopic (exact) mass is 186 g/mol. The number of amides is 1. The topological polar surface area (TPSA) is 55.5 Å². The number of rotatable bonds is 2. The Labute approximate surface area is 82.0 Å². The number of carbonyl (C=O) groups is 1. The van der Waals surface area contributed by atoms with Gasteiger partial charge >= 0.3 is 0 Å². The largest absolute Gasteiger partial charge is 0.364 e. The molecular formula is C11H10N2O. The third-order valence-corrected chi connectivity index (χ3v) is 2.16. The van der Waals surface area contributed by atoms with Crippen LogP contribution in [0.4, 0.5) is 0 Å². The van der Waals surface area contributed by atoms with Crippen LogP contribution in [-0.2, 0) is 4.79 Å². The van der Waals surface area contributed by atoms with Gasteiger partial charge in [-0.1, -0.05) is 30.3 Å². The summed E-state index contributed by atoms with van der Waals surface area (Å²) in [6.07, 6.45) is 2.39. The Bertz CT molecular complexity index is 418. The zero-order valence-electron chi connectivity index (χ0n) is 7.60. The van der Waals surface area contributed by atoms with Crippen LogP contribution >= 0.6 is 0 Å². The lowest BCUT2D eigenvalue weighted by molar-refractivity contribution is -0.114. The van der Waals surface area contributed by atoms with Crippen molar-refractivity contribution in [2.45, 2.75) is 6.42 Å². The SMILES string of the molecule is NC(=O)C1=C(c2ccccc2)CC=N1. The maximum Gasteiger partial charge on any atom is 0.267 e. The van der Waals surface area contributed by atoms with Gasteiger partial charge in [-0.15, -0.1) is 0 Å². The minimum atomic E-state index is -0.461. The minimum Gasteiger partial charge on any atom is -0.364 e. The van der Waals surface area contributed by atoms with E-state index in [-0.39, 0.29) is 0 Å². The molecule has 2 rings (SSSR count). The van der Waals surface area contributed by atoms with Gasteiger partial charge in [-0.25, -0.2) is 0 Å². The van der Waals surface area contributed by atoms with Crippen molar-refractivity contribution in [2.75, 3.05) is 0 Å². The molecule has 1 aliphatic heterocycles. The predicted molar refractivity (Wildman–Crippen MR) is 55.7 cm³/mol. The van der Waals surface area contributed by atoms with Crippen molar-refractivity contribution in [3.8, 4) is 0 Å². The van der Waals surface area contributed by atoms with Crippen LogP contribution in [-0.4, -0.2) is 12.1 Å². The van der Waals surface area contributed by atoms with Gasteiger partial charge in [-0.3, -0.25) is 9.79 Å². The number of carbonyl (C=O) groups excluding carboxylic acids is 1. The van der Waals surface area contributed by atoms with Crippen LogP contribution in [0.3, 0.4) is 0 Å². The lowest BCUT2D eigenvalue weighted by atomic mass is 10.0. The Hall–Kier alpha value is -1.90. The lowest BCUT2D eigenvalue weighted by Gasteiger charge is -2.02. The van der Waals surface area contributed by atoms with E-state index in [1.54, 1.807) is 6.21 Å². The molecule has 0 bridgehead atoms. The van der Waals surface area contributed by atoms with Crippen LogP contribution in [0.1, 0.15) is 12.0 Å². The molecule has 0 aliphatic carbocycles. The average molecular weight is 186 g/mol. The Morgan fingerprint density at radius 2 is 2.00 bits per heavy atom. The van der Waals surface area contributed by atoms with Gasteiger partial charge in [0.05, 0.1) is 0 Å². The van der Waals surface area contributed by atoms with Crippen molar-refractivity contribution in [1.82, 2.24) is 0 Å². The first-order chi connectivity index (χ1) is 6.79. The van der Waals surface area contributed by atoms with Gasteiger partial charge < -0.3 is 5.73 Å². The molecule has 0 spiro atoms. The van der Waals surface area contributed by atoms with Crippen molar-refractivity contribution in [3.05, 3.63) is 41.6 Å². The maximum atomic E-state index is 11.0. The fraction of sp³-hybridized carbons (Fsp3) is 0.0909. The minimum absolute atomic E-state index is 0.385. The first-order valence-corrected chi connectivity index (χ1v) is 4.40. The van der Waals surface area contributed by atoms with Gasteiger partial charge in [0.2, 0.25) is 0 Å². The Kier molecular flexibility index (Phi) is 2.14. The first-order valence-electron chi connectivity index (χ1n) is 4.40. The Morgan fingerprint density at radius 3 is 2.64 bits per heavy atom. The van der Waals surface area contributed by atoms with Crippen LogP contribution in [0.25, 0.3) is 5.57 Å². The van der Waals surface area contributed by atoms with Gasteiger partial charge in [0, 0.05) is 12.6 Å². The number of hydrogen-bond acceptors (Lipinski definition) is 2. The molecule has 3 heteroatoms. The second-order valence-electron chi connectivity index (χ2n) is 3.07. The van der Waals surface area contributed by atoms with E-state index in [1.165, 1.54) is 0 Å². The molecule has 1 heterocycles. The van der Waals surface area contributed by atoms with Crippen LogP contribution < -0.4 is 5.73 Å². The number of aliphatic imine (C=N–C) groups is 1. The zero-order chi connectivity index (χ0) is 9.97. The number of hydrogen-bond donors (Lipinski definition) is 1. The van der Waals surface area contributed by atoms with E-state index in [9.17, 15) is 4.79 Å². The summed E-state index contributed by atoms with van der Waals surface area (Å²) in [5, 5.41) is 0. The molecule has 1 amide bonds. The summed E-state index contributed by atoms with van der Waals surface area (Å²) in [7, 11) is 0. The highest BCUT2D eigenvalue weighted by atomic mass is 16.1. The van der Waals surface area contributed by atoms with Crippen LogP contribution in [0, 0.1) is 0 Å². The fourth-order valence-corrected chi connectivity index (χ4v) is 1.51. The van der Waals surface area contributed by atoms with Crippen LogP contribution in [0.15, 0.2) is 41.0 Å². The number of nitrogens with two attached hydrogens (primary N) is 1. The third kappa shape index (κ3) is 1.44. The molecule has 3 nitrogen and oxygen atoms in total. The number of benzene rings is 1. The van der Waals surface area contributed by atoms with Gasteiger partial charge in [0.15, 0.2) is 0 Å². The highest BCUT2D eigenvalue weighted by Gasteiger charge is 2.16. The molecule has 1 aromatic carbocycles. The van der Waals surface area contributed by atoms with E-state index in [0.717, 1.165) is 11.1 Å². The summed E-state index contributed by atoms with van der Waals surface area (Å²) in [6.45, 7) is 0. The van der Waals surface area contributed by atoms with Crippen LogP contribution in [0.2, 0.25) is 0 Å². The van der Waals surface area contributed by atoms with Crippen LogP contribution in [0.5, 0.6) is 0 Å². The number of primary amides is 1. The van der Waals surface area contributed by atoms with Gasteiger partial charge in [0.25, 0.3) is 5.91 Å². The van der Waals surface area contributed by atoms with E-state index in [0.29, 0.717) is 12.1 Å². The first kappa shape index (κ1) is 8.69.